The third-order valence-electron chi connectivity index (χ3n) is 4.31. The molecule has 21 heavy (non-hydrogen) atoms. The van der Waals surface area contributed by atoms with Crippen molar-refractivity contribution in [2.24, 2.45) is 7.05 Å². The van der Waals surface area contributed by atoms with Crippen molar-refractivity contribution in [3.8, 4) is 0 Å². The molecule has 0 amide bonds. The van der Waals surface area contributed by atoms with Crippen molar-refractivity contribution in [3.63, 3.8) is 0 Å². The summed E-state index contributed by atoms with van der Waals surface area (Å²) in [5.41, 5.74) is -0.131. The third-order valence-corrected chi connectivity index (χ3v) is 4.31. The first-order valence-corrected chi connectivity index (χ1v) is 7.24. The lowest BCUT2D eigenvalue weighted by molar-refractivity contribution is -0.143. The molecule has 1 aliphatic rings. The highest BCUT2D eigenvalue weighted by atomic mass is 16.4. The lowest BCUT2D eigenvalue weighted by Crippen LogP contribution is -2.51. The maximum absolute atomic E-state index is 11.9. The summed E-state index contributed by atoms with van der Waals surface area (Å²) >= 11 is 0. The number of aliphatic carboxylic acids is 1. The van der Waals surface area contributed by atoms with Crippen molar-refractivity contribution < 1.29 is 9.90 Å². The van der Waals surface area contributed by atoms with Crippen molar-refractivity contribution in [2.45, 2.75) is 38.1 Å². The van der Waals surface area contributed by atoms with E-state index in [1.54, 1.807) is 10.9 Å². The summed E-state index contributed by atoms with van der Waals surface area (Å²) in [5.74, 6) is -0.0843. The predicted molar refractivity (Wildman–Crippen MR) is 78.2 cm³/mol. The molecule has 0 aromatic carbocycles. The Balaban J connectivity index is 2.14. The van der Waals surface area contributed by atoms with Crippen molar-refractivity contribution in [1.29, 1.82) is 0 Å². The van der Waals surface area contributed by atoms with Crippen LogP contribution in [0.4, 0.5) is 5.82 Å². The van der Waals surface area contributed by atoms with Gasteiger partial charge < -0.3 is 10.0 Å². The van der Waals surface area contributed by atoms with Crippen LogP contribution in [0.3, 0.4) is 0 Å². The van der Waals surface area contributed by atoms with Gasteiger partial charge in [0.1, 0.15) is 17.7 Å². The number of fused-ring (bicyclic) bond motifs is 1. The van der Waals surface area contributed by atoms with Gasteiger partial charge in [0, 0.05) is 13.6 Å². The zero-order valence-electron chi connectivity index (χ0n) is 12.3. The van der Waals surface area contributed by atoms with Gasteiger partial charge in [0.05, 0.1) is 11.6 Å². The van der Waals surface area contributed by atoms with Gasteiger partial charge >= 0.3 is 5.97 Å². The standard InChI is InChI=1S/C14H19N5O2/c1-3-5-14(13(20)21)6-4-7-19(14)12-10-8-17-18(2)11(10)15-9-16-12/h8-9H,3-7H2,1-2H3,(H,20,21). The van der Waals surface area contributed by atoms with Crippen molar-refractivity contribution in [1.82, 2.24) is 19.7 Å². The molecule has 1 aliphatic heterocycles. The summed E-state index contributed by atoms with van der Waals surface area (Å²) in [7, 11) is 1.82. The van der Waals surface area contributed by atoms with Gasteiger partial charge in [0.2, 0.25) is 0 Å². The zero-order valence-corrected chi connectivity index (χ0v) is 12.3. The van der Waals surface area contributed by atoms with Gasteiger partial charge in [-0.3, -0.25) is 4.68 Å². The highest BCUT2D eigenvalue weighted by molar-refractivity contribution is 5.92. The van der Waals surface area contributed by atoms with E-state index in [-0.39, 0.29) is 0 Å². The molecule has 2 aromatic rings. The molecule has 1 atom stereocenters. The molecule has 2 aromatic heterocycles. The Hall–Kier alpha value is -2.18. The molecule has 7 nitrogen and oxygen atoms in total. The maximum Gasteiger partial charge on any atom is 0.329 e. The first-order chi connectivity index (χ1) is 10.1. The Bertz CT molecular complexity index is 683. The van der Waals surface area contributed by atoms with E-state index >= 15 is 0 Å². The number of hydrogen-bond donors (Lipinski definition) is 1. The van der Waals surface area contributed by atoms with Gasteiger partial charge in [-0.15, -0.1) is 0 Å². The van der Waals surface area contributed by atoms with Gasteiger partial charge in [0.15, 0.2) is 5.65 Å². The quantitative estimate of drug-likeness (QED) is 0.920. The van der Waals surface area contributed by atoms with Crippen molar-refractivity contribution in [2.75, 3.05) is 11.4 Å². The van der Waals surface area contributed by atoms with Gasteiger partial charge in [-0.1, -0.05) is 13.3 Å². The van der Waals surface area contributed by atoms with E-state index in [0.29, 0.717) is 25.2 Å². The number of carbonyl (C=O) groups is 1. The highest BCUT2D eigenvalue weighted by Gasteiger charge is 2.48. The lowest BCUT2D eigenvalue weighted by atomic mass is 9.90. The smallest absolute Gasteiger partial charge is 0.329 e. The van der Waals surface area contributed by atoms with Gasteiger partial charge in [-0.2, -0.15) is 5.10 Å². The van der Waals surface area contributed by atoms with Crippen LogP contribution in [0.25, 0.3) is 11.0 Å². The maximum atomic E-state index is 11.9. The van der Waals surface area contributed by atoms with E-state index in [2.05, 4.69) is 15.1 Å². The molecule has 3 rings (SSSR count). The lowest BCUT2D eigenvalue weighted by Gasteiger charge is -2.35. The van der Waals surface area contributed by atoms with Crippen LogP contribution in [0, 0.1) is 0 Å². The second kappa shape index (κ2) is 4.98. The van der Waals surface area contributed by atoms with Gasteiger partial charge in [-0.25, -0.2) is 14.8 Å². The molecule has 0 saturated carbocycles. The van der Waals surface area contributed by atoms with E-state index in [9.17, 15) is 9.90 Å². The summed E-state index contributed by atoms with van der Waals surface area (Å²) in [4.78, 5) is 22.5. The predicted octanol–water partition coefficient (Wildman–Crippen LogP) is 1.59. The van der Waals surface area contributed by atoms with Crippen LogP contribution in [-0.4, -0.2) is 42.9 Å². The fourth-order valence-corrected chi connectivity index (χ4v) is 3.35. The number of rotatable bonds is 4. The minimum atomic E-state index is -0.855. The number of aromatic nitrogens is 4. The summed E-state index contributed by atoms with van der Waals surface area (Å²) in [6.45, 7) is 2.72. The summed E-state index contributed by atoms with van der Waals surface area (Å²) in [5, 5.41) is 14.8. The monoisotopic (exact) mass is 289 g/mol. The van der Waals surface area contributed by atoms with Gasteiger partial charge in [0.25, 0.3) is 0 Å². The molecule has 0 bridgehead atoms. The van der Waals surface area contributed by atoms with Crippen LogP contribution in [0.15, 0.2) is 12.5 Å². The van der Waals surface area contributed by atoms with E-state index in [1.807, 2.05) is 18.9 Å². The molecular formula is C14H19N5O2. The van der Waals surface area contributed by atoms with Crippen LogP contribution in [-0.2, 0) is 11.8 Å². The minimum Gasteiger partial charge on any atom is -0.479 e. The number of nitrogens with zero attached hydrogens (tertiary/aromatic N) is 5. The first-order valence-electron chi connectivity index (χ1n) is 7.24. The topological polar surface area (TPSA) is 84.1 Å². The van der Waals surface area contributed by atoms with Crippen LogP contribution < -0.4 is 4.90 Å². The number of aryl methyl sites for hydroxylation is 1. The van der Waals surface area contributed by atoms with E-state index in [0.717, 1.165) is 23.9 Å². The highest BCUT2D eigenvalue weighted by Crippen LogP contribution is 2.39. The molecule has 3 heterocycles. The second-order valence-electron chi connectivity index (χ2n) is 5.54. The number of hydrogen-bond acceptors (Lipinski definition) is 5. The summed E-state index contributed by atoms with van der Waals surface area (Å²) < 4.78 is 1.68. The summed E-state index contributed by atoms with van der Waals surface area (Å²) in [6, 6.07) is 0. The molecule has 0 aliphatic carbocycles. The number of carboxylic acid groups (broad SMARTS) is 1. The van der Waals surface area contributed by atoms with E-state index < -0.39 is 11.5 Å². The fourth-order valence-electron chi connectivity index (χ4n) is 3.35. The molecule has 0 spiro atoms. The average molecular weight is 289 g/mol. The number of carboxylic acids is 1. The number of anilines is 1. The molecule has 1 unspecified atom stereocenters. The Morgan fingerprint density at radius 3 is 3.00 bits per heavy atom. The van der Waals surface area contributed by atoms with Crippen molar-refractivity contribution in [3.05, 3.63) is 12.5 Å². The van der Waals surface area contributed by atoms with Crippen LogP contribution >= 0.6 is 0 Å². The fraction of sp³-hybridized carbons (Fsp3) is 0.571. The molecule has 7 heteroatoms. The van der Waals surface area contributed by atoms with E-state index in [4.69, 9.17) is 0 Å². The largest absolute Gasteiger partial charge is 0.479 e. The molecule has 112 valence electrons. The Kier molecular flexibility index (Phi) is 3.27. The Labute approximate surface area is 122 Å². The van der Waals surface area contributed by atoms with Crippen molar-refractivity contribution >= 4 is 22.8 Å². The normalized spacial score (nSPS) is 22.1. The minimum absolute atomic E-state index is 0.619. The van der Waals surface area contributed by atoms with Crippen LogP contribution in [0.5, 0.6) is 0 Å². The summed E-state index contributed by atoms with van der Waals surface area (Å²) in [6.07, 6.45) is 6.15. The molecule has 1 saturated heterocycles. The average Bonchev–Trinajstić information content (AvgIpc) is 3.05. The third kappa shape index (κ3) is 1.95. The molecular weight excluding hydrogens is 270 g/mol. The van der Waals surface area contributed by atoms with Crippen LogP contribution in [0.2, 0.25) is 0 Å². The van der Waals surface area contributed by atoms with Gasteiger partial charge in [-0.05, 0) is 19.3 Å². The first kappa shape index (κ1) is 13.8. The Morgan fingerprint density at radius 2 is 2.29 bits per heavy atom. The molecule has 1 fully saturated rings. The zero-order chi connectivity index (χ0) is 15.0. The Morgan fingerprint density at radius 1 is 1.48 bits per heavy atom. The van der Waals surface area contributed by atoms with Crippen LogP contribution in [0.1, 0.15) is 32.6 Å². The second-order valence-corrected chi connectivity index (χ2v) is 5.54. The SMILES string of the molecule is CCCC1(C(=O)O)CCCN1c1ncnc2c1cnn2C. The molecule has 0 radical (unpaired) electrons. The van der Waals surface area contributed by atoms with E-state index in [1.165, 1.54) is 6.33 Å². The molecule has 1 N–H and O–H groups in total.